The molecule has 0 aliphatic carbocycles. The van der Waals surface area contributed by atoms with Crippen molar-refractivity contribution in [1.29, 1.82) is 0 Å². The van der Waals surface area contributed by atoms with E-state index >= 15 is 0 Å². The first kappa shape index (κ1) is 14.1. The summed E-state index contributed by atoms with van der Waals surface area (Å²) in [5.74, 6) is -1.98. The lowest BCUT2D eigenvalue weighted by Gasteiger charge is -2.04. The van der Waals surface area contributed by atoms with E-state index in [0.717, 1.165) is 4.90 Å². The fraction of sp³-hybridized carbons (Fsp3) is 0. The van der Waals surface area contributed by atoms with Gasteiger partial charge in [-0.15, -0.1) is 12.6 Å². The molecule has 2 nitrogen and oxygen atoms in total. The molecule has 0 fully saturated rings. The number of phenolic OH excluding ortho intramolecular Hbond substituents is 1. The fourth-order valence-corrected chi connectivity index (χ4v) is 2.84. The normalized spacial score (nSPS) is 11.4. The van der Waals surface area contributed by atoms with Crippen LogP contribution in [0.25, 0.3) is 33.1 Å². The number of thiol groups is 1. The Kier molecular flexibility index (Phi) is 3.06. The van der Waals surface area contributed by atoms with Gasteiger partial charge in [-0.05, 0) is 35.9 Å². The summed E-state index contributed by atoms with van der Waals surface area (Å²) in [7, 11) is 0. The summed E-state index contributed by atoms with van der Waals surface area (Å²) in [5, 5.41) is 10.3. The van der Waals surface area contributed by atoms with Crippen LogP contribution >= 0.6 is 12.6 Å². The van der Waals surface area contributed by atoms with Crippen molar-refractivity contribution in [3.05, 3.63) is 60.2 Å². The van der Waals surface area contributed by atoms with Crippen LogP contribution in [0, 0.1) is 11.6 Å². The van der Waals surface area contributed by atoms with Crippen molar-refractivity contribution < 1.29 is 18.3 Å². The molecule has 0 unspecified atom stereocenters. The standard InChI is InChI=1S/C18H10F2O2S/c19-15-11(9-1-3-10(23)4-2-9)5-6-12-13-7-8-14(21)16(20)18(13)22-17(12)15/h1-8,21,23H. The molecule has 114 valence electrons. The molecule has 3 aromatic carbocycles. The summed E-state index contributed by atoms with van der Waals surface area (Å²) in [6, 6.07) is 13.1. The van der Waals surface area contributed by atoms with Gasteiger partial charge in [0.15, 0.2) is 22.7 Å². The Morgan fingerprint density at radius 2 is 1.39 bits per heavy atom. The maximum Gasteiger partial charge on any atom is 0.207 e. The van der Waals surface area contributed by atoms with E-state index in [2.05, 4.69) is 12.6 Å². The average molecular weight is 328 g/mol. The number of halogens is 2. The first-order chi connectivity index (χ1) is 11.1. The zero-order valence-electron chi connectivity index (χ0n) is 11.7. The van der Waals surface area contributed by atoms with Crippen LogP contribution in [0.4, 0.5) is 8.78 Å². The molecule has 5 heteroatoms. The predicted octanol–water partition coefficient (Wildman–Crippen LogP) is 5.53. The van der Waals surface area contributed by atoms with E-state index < -0.39 is 17.4 Å². The molecule has 1 aromatic heterocycles. The number of furan rings is 1. The van der Waals surface area contributed by atoms with Gasteiger partial charge in [-0.3, -0.25) is 0 Å². The quantitative estimate of drug-likeness (QED) is 0.451. The number of benzene rings is 3. The highest BCUT2D eigenvalue weighted by molar-refractivity contribution is 7.80. The van der Waals surface area contributed by atoms with Crippen molar-refractivity contribution in [3.8, 4) is 16.9 Å². The van der Waals surface area contributed by atoms with Crippen molar-refractivity contribution in [3.63, 3.8) is 0 Å². The largest absolute Gasteiger partial charge is 0.505 e. The summed E-state index contributed by atoms with van der Waals surface area (Å²) in [4.78, 5) is 0.775. The zero-order chi connectivity index (χ0) is 16.1. The fourth-order valence-electron chi connectivity index (χ4n) is 2.69. The van der Waals surface area contributed by atoms with Gasteiger partial charge in [0.1, 0.15) is 0 Å². The number of aromatic hydroxyl groups is 1. The lowest BCUT2D eigenvalue weighted by atomic mass is 10.0. The minimum Gasteiger partial charge on any atom is -0.505 e. The van der Waals surface area contributed by atoms with E-state index in [0.29, 0.717) is 21.9 Å². The third-order valence-electron chi connectivity index (χ3n) is 3.85. The molecule has 1 heterocycles. The smallest absolute Gasteiger partial charge is 0.207 e. The van der Waals surface area contributed by atoms with E-state index in [-0.39, 0.29) is 11.2 Å². The third kappa shape index (κ3) is 2.08. The molecular formula is C18H10F2O2S. The van der Waals surface area contributed by atoms with Gasteiger partial charge in [-0.2, -0.15) is 4.39 Å². The number of hydrogen-bond acceptors (Lipinski definition) is 3. The van der Waals surface area contributed by atoms with E-state index in [1.807, 2.05) is 0 Å². The lowest BCUT2D eigenvalue weighted by molar-refractivity contribution is 0.430. The first-order valence-corrected chi connectivity index (χ1v) is 7.32. The minimum absolute atomic E-state index is 0.0306. The molecule has 4 rings (SSSR count). The second-order valence-electron chi connectivity index (χ2n) is 5.23. The maximum absolute atomic E-state index is 14.8. The van der Waals surface area contributed by atoms with Crippen LogP contribution in [0.1, 0.15) is 0 Å². The highest BCUT2D eigenvalue weighted by Crippen LogP contribution is 2.38. The van der Waals surface area contributed by atoms with Gasteiger partial charge in [0, 0.05) is 21.2 Å². The molecule has 1 N–H and O–H groups in total. The van der Waals surface area contributed by atoms with E-state index in [4.69, 9.17) is 4.42 Å². The second kappa shape index (κ2) is 4.99. The minimum atomic E-state index is -0.890. The van der Waals surface area contributed by atoms with Gasteiger partial charge in [0.05, 0.1) is 0 Å². The van der Waals surface area contributed by atoms with Crippen LogP contribution in [0.2, 0.25) is 0 Å². The topological polar surface area (TPSA) is 33.4 Å². The van der Waals surface area contributed by atoms with Gasteiger partial charge in [0.25, 0.3) is 0 Å². The summed E-state index contributed by atoms with van der Waals surface area (Å²) in [5.41, 5.74) is 0.846. The van der Waals surface area contributed by atoms with Gasteiger partial charge >= 0.3 is 0 Å². The van der Waals surface area contributed by atoms with Gasteiger partial charge < -0.3 is 9.52 Å². The van der Waals surface area contributed by atoms with Crippen LogP contribution in [0.3, 0.4) is 0 Å². The van der Waals surface area contributed by atoms with Crippen molar-refractivity contribution >= 4 is 34.6 Å². The highest BCUT2D eigenvalue weighted by Gasteiger charge is 2.19. The third-order valence-corrected chi connectivity index (χ3v) is 4.14. The molecule has 0 spiro atoms. The highest BCUT2D eigenvalue weighted by atomic mass is 32.1. The summed E-state index contributed by atoms with van der Waals surface area (Å²) in [6.45, 7) is 0. The lowest BCUT2D eigenvalue weighted by Crippen LogP contribution is -1.85. The number of phenols is 1. The molecule has 0 saturated heterocycles. The van der Waals surface area contributed by atoms with Crippen molar-refractivity contribution in [1.82, 2.24) is 0 Å². The number of fused-ring (bicyclic) bond motifs is 3. The van der Waals surface area contributed by atoms with Crippen LogP contribution in [-0.2, 0) is 0 Å². The predicted molar refractivity (Wildman–Crippen MR) is 88.0 cm³/mol. The van der Waals surface area contributed by atoms with Gasteiger partial charge in [0.2, 0.25) is 5.82 Å². The Balaban J connectivity index is 2.03. The Morgan fingerprint density at radius 3 is 2.09 bits per heavy atom. The maximum atomic E-state index is 14.8. The molecule has 0 atom stereocenters. The van der Waals surface area contributed by atoms with E-state index in [1.54, 1.807) is 36.4 Å². The SMILES string of the molecule is Oc1ccc2c(oc3c(F)c(-c4ccc(S)cc4)ccc32)c1F. The number of rotatable bonds is 1. The monoisotopic (exact) mass is 328 g/mol. The molecule has 0 aliphatic rings. The molecule has 0 saturated carbocycles. The van der Waals surface area contributed by atoms with Crippen molar-refractivity contribution in [2.75, 3.05) is 0 Å². The van der Waals surface area contributed by atoms with Crippen LogP contribution in [0.15, 0.2) is 57.8 Å². The molecule has 4 aromatic rings. The van der Waals surface area contributed by atoms with Crippen molar-refractivity contribution in [2.24, 2.45) is 0 Å². The van der Waals surface area contributed by atoms with Crippen LogP contribution in [0.5, 0.6) is 5.75 Å². The molecular weight excluding hydrogens is 318 g/mol. The van der Waals surface area contributed by atoms with Gasteiger partial charge in [-0.1, -0.05) is 18.2 Å². The summed E-state index contributed by atoms with van der Waals surface area (Å²) in [6.07, 6.45) is 0. The first-order valence-electron chi connectivity index (χ1n) is 6.88. The molecule has 0 amide bonds. The Labute approximate surface area is 135 Å². The molecule has 0 radical (unpaired) electrons. The summed E-state index contributed by atoms with van der Waals surface area (Å²) >= 11 is 4.21. The Bertz CT molecular complexity index is 1050. The Hall–Kier alpha value is -2.53. The zero-order valence-corrected chi connectivity index (χ0v) is 12.6. The average Bonchev–Trinajstić information content (AvgIpc) is 2.93. The Morgan fingerprint density at radius 1 is 0.783 bits per heavy atom. The molecule has 0 aliphatic heterocycles. The van der Waals surface area contributed by atoms with E-state index in [9.17, 15) is 13.9 Å². The molecule has 0 bridgehead atoms. The number of hydrogen-bond donors (Lipinski definition) is 2. The van der Waals surface area contributed by atoms with Crippen LogP contribution in [-0.4, -0.2) is 5.11 Å². The van der Waals surface area contributed by atoms with Crippen LogP contribution < -0.4 is 0 Å². The summed E-state index contributed by atoms with van der Waals surface area (Å²) < 4.78 is 34.1. The second-order valence-corrected chi connectivity index (χ2v) is 5.74. The van der Waals surface area contributed by atoms with Gasteiger partial charge in [-0.25, -0.2) is 4.39 Å². The van der Waals surface area contributed by atoms with E-state index in [1.165, 1.54) is 12.1 Å². The van der Waals surface area contributed by atoms with Crippen molar-refractivity contribution in [2.45, 2.75) is 4.90 Å². The molecule has 23 heavy (non-hydrogen) atoms.